The van der Waals surface area contributed by atoms with Crippen LogP contribution in [0.1, 0.15) is 16.8 Å². The molecule has 0 aliphatic carbocycles. The molecule has 2 rings (SSSR count). The molecule has 0 bridgehead atoms. The summed E-state index contributed by atoms with van der Waals surface area (Å²) in [6, 6.07) is 3.19. The molecule has 0 aromatic carbocycles. The van der Waals surface area contributed by atoms with Crippen LogP contribution in [0.4, 0.5) is 0 Å². The number of rotatable bonds is 2. The summed E-state index contributed by atoms with van der Waals surface area (Å²) in [5.41, 5.74) is 4.88. The van der Waals surface area contributed by atoms with Crippen molar-refractivity contribution in [3.8, 4) is 0 Å². The van der Waals surface area contributed by atoms with Gasteiger partial charge in [0.1, 0.15) is 5.54 Å². The van der Waals surface area contributed by atoms with Gasteiger partial charge in [0.2, 0.25) is 0 Å². The Morgan fingerprint density at radius 2 is 2.06 bits per heavy atom. The standard InChI is InChI=1S/C11H13N3O3/c12-11(10(16)17)3-6-14(7-11)9(15)8-1-4-13-5-2-8/h1-2,4-5H,3,6-7,12H2,(H,16,17). The number of amides is 1. The first kappa shape index (κ1) is 11.5. The molecule has 0 saturated carbocycles. The number of aliphatic carboxylic acids is 1. The van der Waals surface area contributed by atoms with Crippen molar-refractivity contribution in [3.63, 3.8) is 0 Å². The van der Waals surface area contributed by atoms with E-state index in [9.17, 15) is 9.59 Å². The quantitative estimate of drug-likeness (QED) is 0.734. The minimum absolute atomic E-state index is 0.0451. The Balaban J connectivity index is 2.12. The number of carboxylic acid groups (broad SMARTS) is 1. The summed E-state index contributed by atoms with van der Waals surface area (Å²) in [5, 5.41) is 8.97. The number of likely N-dealkylation sites (tertiary alicyclic amines) is 1. The van der Waals surface area contributed by atoms with Gasteiger partial charge in [-0.3, -0.25) is 14.6 Å². The van der Waals surface area contributed by atoms with Gasteiger partial charge in [0.25, 0.3) is 5.91 Å². The Kier molecular flexibility index (Phi) is 2.81. The SMILES string of the molecule is NC1(C(=O)O)CCN(C(=O)c2ccncc2)C1. The van der Waals surface area contributed by atoms with Crippen LogP contribution < -0.4 is 5.73 Å². The van der Waals surface area contributed by atoms with Gasteiger partial charge in [-0.05, 0) is 18.6 Å². The molecule has 1 fully saturated rings. The highest BCUT2D eigenvalue weighted by Gasteiger charge is 2.42. The third-order valence-electron chi connectivity index (χ3n) is 2.94. The van der Waals surface area contributed by atoms with Crippen LogP contribution in [0, 0.1) is 0 Å². The summed E-state index contributed by atoms with van der Waals surface area (Å²) in [5.74, 6) is -1.27. The van der Waals surface area contributed by atoms with Crippen molar-refractivity contribution in [1.29, 1.82) is 0 Å². The number of carbonyl (C=O) groups excluding carboxylic acids is 1. The summed E-state index contributed by atoms with van der Waals surface area (Å²) in [6.07, 6.45) is 3.32. The Morgan fingerprint density at radius 3 is 2.59 bits per heavy atom. The van der Waals surface area contributed by atoms with Crippen molar-refractivity contribution in [2.75, 3.05) is 13.1 Å². The molecule has 3 N–H and O–H groups in total. The number of pyridine rings is 1. The molecule has 17 heavy (non-hydrogen) atoms. The summed E-state index contributed by atoms with van der Waals surface area (Å²) >= 11 is 0. The largest absolute Gasteiger partial charge is 0.480 e. The van der Waals surface area contributed by atoms with Gasteiger partial charge in [-0.15, -0.1) is 0 Å². The summed E-state index contributed by atoms with van der Waals surface area (Å²) in [4.78, 5) is 28.2. The number of hydrogen-bond acceptors (Lipinski definition) is 4. The van der Waals surface area contributed by atoms with Gasteiger partial charge in [-0.25, -0.2) is 0 Å². The van der Waals surface area contributed by atoms with E-state index in [1.165, 1.54) is 17.3 Å². The molecule has 0 spiro atoms. The van der Waals surface area contributed by atoms with Crippen molar-refractivity contribution in [1.82, 2.24) is 9.88 Å². The Bertz CT molecular complexity index is 449. The van der Waals surface area contributed by atoms with E-state index in [4.69, 9.17) is 10.8 Å². The maximum Gasteiger partial charge on any atom is 0.325 e. The lowest BCUT2D eigenvalue weighted by atomic mass is 10.0. The lowest BCUT2D eigenvalue weighted by molar-refractivity contribution is -0.142. The van der Waals surface area contributed by atoms with Gasteiger partial charge in [0.05, 0.1) is 0 Å². The van der Waals surface area contributed by atoms with Gasteiger partial charge < -0.3 is 15.7 Å². The lowest BCUT2D eigenvalue weighted by Gasteiger charge is -2.20. The zero-order valence-corrected chi connectivity index (χ0v) is 9.17. The summed E-state index contributed by atoms with van der Waals surface area (Å²) in [6.45, 7) is 0.410. The van der Waals surface area contributed by atoms with Gasteiger partial charge in [-0.1, -0.05) is 0 Å². The molecular formula is C11H13N3O3. The second kappa shape index (κ2) is 4.14. The van der Waals surface area contributed by atoms with E-state index in [1.54, 1.807) is 12.1 Å². The zero-order chi connectivity index (χ0) is 12.5. The van der Waals surface area contributed by atoms with E-state index in [0.29, 0.717) is 12.1 Å². The van der Waals surface area contributed by atoms with Crippen molar-refractivity contribution in [2.24, 2.45) is 5.73 Å². The second-order valence-electron chi connectivity index (χ2n) is 4.17. The Morgan fingerprint density at radius 1 is 1.41 bits per heavy atom. The third-order valence-corrected chi connectivity index (χ3v) is 2.94. The highest BCUT2D eigenvalue weighted by Crippen LogP contribution is 2.20. The third kappa shape index (κ3) is 2.12. The predicted molar refractivity (Wildman–Crippen MR) is 59.3 cm³/mol. The van der Waals surface area contributed by atoms with Gasteiger partial charge in [-0.2, -0.15) is 0 Å². The van der Waals surface area contributed by atoms with E-state index < -0.39 is 11.5 Å². The van der Waals surface area contributed by atoms with E-state index in [1.807, 2.05) is 0 Å². The first-order chi connectivity index (χ1) is 8.03. The van der Waals surface area contributed by atoms with Crippen molar-refractivity contribution in [2.45, 2.75) is 12.0 Å². The average Bonchev–Trinajstić information content (AvgIpc) is 2.74. The van der Waals surface area contributed by atoms with Gasteiger partial charge in [0.15, 0.2) is 0 Å². The van der Waals surface area contributed by atoms with Crippen LogP contribution >= 0.6 is 0 Å². The molecular weight excluding hydrogens is 222 g/mol. The van der Waals surface area contributed by atoms with E-state index >= 15 is 0 Å². The van der Waals surface area contributed by atoms with E-state index in [2.05, 4.69) is 4.98 Å². The molecule has 90 valence electrons. The minimum Gasteiger partial charge on any atom is -0.480 e. The number of nitrogens with two attached hydrogens (primary N) is 1. The zero-order valence-electron chi connectivity index (χ0n) is 9.17. The van der Waals surface area contributed by atoms with Crippen LogP contribution in [0.5, 0.6) is 0 Å². The number of carboxylic acids is 1. The fraction of sp³-hybridized carbons (Fsp3) is 0.364. The summed E-state index contributed by atoms with van der Waals surface area (Å²) in [7, 11) is 0. The predicted octanol–water partition coefficient (Wildman–Crippen LogP) is -0.290. The van der Waals surface area contributed by atoms with Crippen LogP contribution in [0.2, 0.25) is 0 Å². The van der Waals surface area contributed by atoms with Crippen LogP contribution in [0.15, 0.2) is 24.5 Å². The molecule has 2 heterocycles. The fourth-order valence-electron chi connectivity index (χ4n) is 1.86. The molecule has 6 heteroatoms. The van der Waals surface area contributed by atoms with Crippen LogP contribution in [-0.4, -0.2) is 45.5 Å². The maximum absolute atomic E-state index is 12.0. The Hall–Kier alpha value is -1.95. The molecule has 1 amide bonds. The molecule has 1 saturated heterocycles. The maximum atomic E-state index is 12.0. The van der Waals surface area contributed by atoms with Crippen molar-refractivity contribution < 1.29 is 14.7 Å². The van der Waals surface area contributed by atoms with Crippen molar-refractivity contribution in [3.05, 3.63) is 30.1 Å². The highest BCUT2D eigenvalue weighted by atomic mass is 16.4. The number of nitrogens with zero attached hydrogens (tertiary/aromatic N) is 2. The molecule has 6 nitrogen and oxygen atoms in total. The smallest absolute Gasteiger partial charge is 0.325 e. The normalized spacial score (nSPS) is 23.7. The monoisotopic (exact) mass is 235 g/mol. The molecule has 1 aliphatic rings. The Labute approximate surface area is 98.1 Å². The lowest BCUT2D eigenvalue weighted by Crippen LogP contribution is -2.50. The molecule has 1 aromatic rings. The van der Waals surface area contributed by atoms with Crippen LogP contribution in [-0.2, 0) is 4.79 Å². The van der Waals surface area contributed by atoms with Gasteiger partial charge >= 0.3 is 5.97 Å². The number of hydrogen-bond donors (Lipinski definition) is 2. The second-order valence-corrected chi connectivity index (χ2v) is 4.17. The van der Waals surface area contributed by atoms with E-state index in [-0.39, 0.29) is 18.9 Å². The molecule has 1 aliphatic heterocycles. The molecule has 0 radical (unpaired) electrons. The minimum atomic E-state index is -1.32. The number of aromatic nitrogens is 1. The topological polar surface area (TPSA) is 96.5 Å². The van der Waals surface area contributed by atoms with Gasteiger partial charge in [0, 0.05) is 31.0 Å². The van der Waals surface area contributed by atoms with Crippen LogP contribution in [0.3, 0.4) is 0 Å². The molecule has 1 unspecified atom stereocenters. The summed E-state index contributed by atoms with van der Waals surface area (Å²) < 4.78 is 0. The highest BCUT2D eigenvalue weighted by molar-refractivity contribution is 5.95. The first-order valence-electron chi connectivity index (χ1n) is 5.24. The van der Waals surface area contributed by atoms with Crippen LogP contribution in [0.25, 0.3) is 0 Å². The first-order valence-corrected chi connectivity index (χ1v) is 5.24. The fourth-order valence-corrected chi connectivity index (χ4v) is 1.86. The molecule has 1 atom stereocenters. The van der Waals surface area contributed by atoms with E-state index in [0.717, 1.165) is 0 Å². The molecule has 1 aromatic heterocycles. The number of carbonyl (C=O) groups is 2. The average molecular weight is 235 g/mol. The van der Waals surface area contributed by atoms with Crippen molar-refractivity contribution >= 4 is 11.9 Å².